The monoisotopic (exact) mass is 356 g/mol. The van der Waals surface area contributed by atoms with Crippen LogP contribution >= 0.6 is 0 Å². The van der Waals surface area contributed by atoms with E-state index >= 15 is 0 Å². The molecule has 0 radical (unpaired) electrons. The van der Waals surface area contributed by atoms with E-state index in [0.717, 1.165) is 25.9 Å². The second-order valence-electron chi connectivity index (χ2n) is 6.81. The lowest BCUT2D eigenvalue weighted by Crippen LogP contribution is -2.30. The highest BCUT2D eigenvalue weighted by atomic mass is 16.3. The molecular formula is C22H32N2O2. The summed E-state index contributed by atoms with van der Waals surface area (Å²) in [6.45, 7) is 7.66. The largest absolute Gasteiger partial charge is 0.395 e. The van der Waals surface area contributed by atoms with E-state index in [2.05, 4.69) is 72.2 Å². The van der Waals surface area contributed by atoms with Gasteiger partial charge in [0.05, 0.1) is 13.2 Å². The zero-order chi connectivity index (χ0) is 18.8. The van der Waals surface area contributed by atoms with Crippen molar-refractivity contribution in [1.29, 1.82) is 0 Å². The summed E-state index contributed by atoms with van der Waals surface area (Å²) in [4.78, 5) is 4.49. The summed E-state index contributed by atoms with van der Waals surface area (Å²) in [7, 11) is 0. The molecule has 0 heterocycles. The number of aryl methyl sites for hydroxylation is 2. The first kappa shape index (κ1) is 20.3. The number of rotatable bonds is 11. The second kappa shape index (κ2) is 10.8. The number of unbranched alkanes of at least 4 members (excludes halogenated alkanes) is 1. The third-order valence-corrected chi connectivity index (χ3v) is 4.58. The number of nitrogens with zero attached hydrogens (tertiary/aromatic N) is 2. The van der Waals surface area contributed by atoms with Gasteiger partial charge in [0.15, 0.2) is 0 Å². The van der Waals surface area contributed by atoms with Crippen LogP contribution in [-0.2, 0) is 0 Å². The van der Waals surface area contributed by atoms with Crippen molar-refractivity contribution in [2.45, 2.75) is 26.7 Å². The molecule has 0 aliphatic carbocycles. The van der Waals surface area contributed by atoms with Gasteiger partial charge in [0.2, 0.25) is 0 Å². The van der Waals surface area contributed by atoms with Gasteiger partial charge < -0.3 is 20.0 Å². The number of benzene rings is 2. The summed E-state index contributed by atoms with van der Waals surface area (Å²) in [6.07, 6.45) is 2.09. The van der Waals surface area contributed by atoms with Crippen LogP contribution in [0.4, 0.5) is 11.4 Å². The molecule has 0 bridgehead atoms. The predicted molar refractivity (Wildman–Crippen MR) is 110 cm³/mol. The molecule has 0 aliphatic heterocycles. The zero-order valence-corrected chi connectivity index (χ0v) is 16.1. The van der Waals surface area contributed by atoms with Gasteiger partial charge in [-0.3, -0.25) is 0 Å². The van der Waals surface area contributed by atoms with Crippen LogP contribution in [0.5, 0.6) is 0 Å². The first-order valence-electron chi connectivity index (χ1n) is 9.49. The first-order chi connectivity index (χ1) is 12.6. The lowest BCUT2D eigenvalue weighted by molar-refractivity contribution is 0.299. The lowest BCUT2D eigenvalue weighted by Gasteiger charge is -2.27. The van der Waals surface area contributed by atoms with Crippen LogP contribution in [0.25, 0.3) is 0 Å². The van der Waals surface area contributed by atoms with Crippen molar-refractivity contribution in [3.05, 3.63) is 59.7 Å². The minimum atomic E-state index is 0.161. The summed E-state index contributed by atoms with van der Waals surface area (Å²) in [6, 6.07) is 16.9. The highest BCUT2D eigenvalue weighted by Crippen LogP contribution is 2.18. The Balaban J connectivity index is 1.89. The molecule has 2 aromatic carbocycles. The van der Waals surface area contributed by atoms with E-state index in [-0.39, 0.29) is 13.2 Å². The molecule has 0 saturated heterocycles. The Hall–Kier alpha value is -2.04. The van der Waals surface area contributed by atoms with Gasteiger partial charge in [0.25, 0.3) is 0 Å². The van der Waals surface area contributed by atoms with Crippen molar-refractivity contribution < 1.29 is 10.2 Å². The maximum absolute atomic E-state index is 9.38. The van der Waals surface area contributed by atoms with Crippen LogP contribution < -0.4 is 9.80 Å². The van der Waals surface area contributed by atoms with Gasteiger partial charge in [-0.2, -0.15) is 0 Å². The van der Waals surface area contributed by atoms with Crippen LogP contribution in [0.15, 0.2) is 48.5 Å². The third kappa shape index (κ3) is 6.36. The van der Waals surface area contributed by atoms with Gasteiger partial charge in [-0.1, -0.05) is 24.3 Å². The van der Waals surface area contributed by atoms with Gasteiger partial charge in [-0.25, -0.2) is 0 Å². The van der Waals surface area contributed by atoms with Crippen LogP contribution in [0.2, 0.25) is 0 Å². The van der Waals surface area contributed by atoms with E-state index < -0.39 is 0 Å². The molecule has 4 heteroatoms. The topological polar surface area (TPSA) is 46.9 Å². The van der Waals surface area contributed by atoms with Gasteiger partial charge in [0, 0.05) is 37.6 Å². The fourth-order valence-corrected chi connectivity index (χ4v) is 3.24. The molecule has 0 atom stereocenters. The number of aliphatic hydroxyl groups excluding tert-OH is 2. The van der Waals surface area contributed by atoms with Crippen molar-refractivity contribution >= 4 is 11.4 Å². The quantitative estimate of drug-likeness (QED) is 0.606. The van der Waals surface area contributed by atoms with Crippen LogP contribution in [0, 0.1) is 13.8 Å². The lowest BCUT2D eigenvalue weighted by atomic mass is 10.1. The molecule has 2 rings (SSSR count). The van der Waals surface area contributed by atoms with E-state index in [1.165, 1.54) is 22.5 Å². The zero-order valence-electron chi connectivity index (χ0n) is 16.1. The van der Waals surface area contributed by atoms with E-state index in [9.17, 15) is 10.2 Å². The summed E-state index contributed by atoms with van der Waals surface area (Å²) < 4.78 is 0. The Morgan fingerprint density at radius 3 is 1.42 bits per heavy atom. The highest BCUT2D eigenvalue weighted by Gasteiger charge is 2.09. The van der Waals surface area contributed by atoms with Crippen LogP contribution in [0.3, 0.4) is 0 Å². The van der Waals surface area contributed by atoms with E-state index in [1.807, 2.05) is 0 Å². The van der Waals surface area contributed by atoms with Crippen molar-refractivity contribution in [3.8, 4) is 0 Å². The Morgan fingerprint density at radius 1 is 0.654 bits per heavy atom. The average Bonchev–Trinajstić information content (AvgIpc) is 2.63. The van der Waals surface area contributed by atoms with Gasteiger partial charge in [-0.15, -0.1) is 0 Å². The van der Waals surface area contributed by atoms with Crippen molar-refractivity contribution in [2.24, 2.45) is 0 Å². The molecule has 26 heavy (non-hydrogen) atoms. The SMILES string of the molecule is Cc1cccc(N(CCO)CCCCN(CCO)c2cccc(C)c2)c1. The minimum Gasteiger partial charge on any atom is -0.395 e. The molecule has 4 nitrogen and oxygen atoms in total. The fourth-order valence-electron chi connectivity index (χ4n) is 3.24. The maximum Gasteiger partial charge on any atom is 0.0606 e. The van der Waals surface area contributed by atoms with Crippen LogP contribution in [-0.4, -0.2) is 49.6 Å². The summed E-state index contributed by atoms with van der Waals surface area (Å²) >= 11 is 0. The van der Waals surface area contributed by atoms with E-state index in [4.69, 9.17) is 0 Å². The molecule has 0 spiro atoms. The predicted octanol–water partition coefficient (Wildman–Crippen LogP) is 3.38. The molecule has 0 saturated carbocycles. The molecule has 0 fully saturated rings. The Labute approximate surface area is 157 Å². The molecule has 0 aromatic heterocycles. The van der Waals surface area contributed by atoms with Gasteiger partial charge in [0.1, 0.15) is 0 Å². The first-order valence-corrected chi connectivity index (χ1v) is 9.49. The average molecular weight is 357 g/mol. The molecule has 0 amide bonds. The van der Waals surface area contributed by atoms with Crippen LogP contribution in [0.1, 0.15) is 24.0 Å². The molecule has 0 unspecified atom stereocenters. The van der Waals surface area contributed by atoms with Crippen molar-refractivity contribution in [2.75, 3.05) is 49.2 Å². The normalized spacial score (nSPS) is 10.8. The molecule has 2 aromatic rings. The third-order valence-electron chi connectivity index (χ3n) is 4.58. The number of hydrogen-bond acceptors (Lipinski definition) is 4. The molecule has 0 aliphatic rings. The number of aliphatic hydroxyl groups is 2. The maximum atomic E-state index is 9.38. The van der Waals surface area contributed by atoms with E-state index in [1.54, 1.807) is 0 Å². The highest BCUT2D eigenvalue weighted by molar-refractivity contribution is 5.49. The van der Waals surface area contributed by atoms with E-state index in [0.29, 0.717) is 13.1 Å². The fraction of sp³-hybridized carbons (Fsp3) is 0.455. The standard InChI is InChI=1S/C22H32N2O2/c1-19-7-5-9-21(17-19)23(13-15-25)11-3-4-12-24(14-16-26)22-10-6-8-20(2)18-22/h5-10,17-18,25-26H,3-4,11-16H2,1-2H3. The molecule has 2 N–H and O–H groups in total. The Morgan fingerprint density at radius 2 is 1.08 bits per heavy atom. The smallest absolute Gasteiger partial charge is 0.0606 e. The van der Waals surface area contributed by atoms with Gasteiger partial charge in [-0.05, 0) is 62.1 Å². The number of hydrogen-bond donors (Lipinski definition) is 2. The number of anilines is 2. The van der Waals surface area contributed by atoms with Crippen molar-refractivity contribution in [3.63, 3.8) is 0 Å². The summed E-state index contributed by atoms with van der Waals surface area (Å²) in [5, 5.41) is 18.8. The Bertz CT molecular complexity index is 603. The molecular weight excluding hydrogens is 324 g/mol. The summed E-state index contributed by atoms with van der Waals surface area (Å²) in [5.41, 5.74) is 4.81. The summed E-state index contributed by atoms with van der Waals surface area (Å²) in [5.74, 6) is 0. The Kier molecular flexibility index (Phi) is 8.45. The van der Waals surface area contributed by atoms with Gasteiger partial charge >= 0.3 is 0 Å². The molecule has 142 valence electrons. The second-order valence-corrected chi connectivity index (χ2v) is 6.81. The minimum absolute atomic E-state index is 0.161. The van der Waals surface area contributed by atoms with Crippen molar-refractivity contribution in [1.82, 2.24) is 0 Å².